The quantitative estimate of drug-likeness (QED) is 0.0893. The molecule has 5 nitrogen and oxygen atoms in total. The predicted octanol–water partition coefficient (Wildman–Crippen LogP) is 5.79. The van der Waals surface area contributed by atoms with Crippen molar-refractivity contribution in [3.63, 3.8) is 0 Å². The van der Waals surface area contributed by atoms with Gasteiger partial charge in [-0.25, -0.2) is 4.57 Å². The van der Waals surface area contributed by atoms with Gasteiger partial charge in [0.1, 0.15) is 12.3 Å². The van der Waals surface area contributed by atoms with Crippen molar-refractivity contribution >= 4 is 11.8 Å². The number of rotatable bonds is 22. The molecule has 2 aromatic rings. The number of hydrogen-bond acceptors (Lipinski definition) is 3. The number of benzene rings is 1. The van der Waals surface area contributed by atoms with E-state index in [0.717, 1.165) is 37.1 Å². The summed E-state index contributed by atoms with van der Waals surface area (Å²) in [7, 11) is 0. The molecule has 2 rings (SSSR count). The molecular weight excluding hydrogens is 635 g/mol. The van der Waals surface area contributed by atoms with E-state index in [2.05, 4.69) is 30.7 Å². The Morgan fingerprint density at radius 3 is 1.93 bits per heavy atom. The number of halogens is 1. The predicted molar refractivity (Wildman–Crippen MR) is 169 cm³/mol. The van der Waals surface area contributed by atoms with Crippen LogP contribution in [0.15, 0.2) is 42.6 Å². The maximum absolute atomic E-state index is 13.3. The topological polar surface area (TPSA) is 50.5 Å². The lowest BCUT2D eigenvalue weighted by Crippen LogP contribution is -3.00. The van der Waals surface area contributed by atoms with Gasteiger partial charge >= 0.3 is 0 Å². The molecule has 0 radical (unpaired) electrons. The fourth-order valence-corrected chi connectivity index (χ4v) is 5.47. The van der Waals surface area contributed by atoms with Crippen LogP contribution in [0.3, 0.4) is 0 Å². The Balaban J connectivity index is 0.00000882. The molecule has 1 aromatic carbocycles. The van der Waals surface area contributed by atoms with Crippen LogP contribution in [0.5, 0.6) is 5.75 Å². The minimum Gasteiger partial charge on any atom is -1.00 e. The lowest BCUT2D eigenvalue weighted by molar-refractivity contribution is -0.700. The molecule has 0 saturated heterocycles. The average molecular weight is 693 g/mol. The highest BCUT2D eigenvalue weighted by Crippen LogP contribution is 2.20. The molecule has 0 aliphatic rings. The molecule has 0 atom stereocenters. The summed E-state index contributed by atoms with van der Waals surface area (Å²) in [4.78, 5) is 27.0. The van der Waals surface area contributed by atoms with Crippen molar-refractivity contribution in [2.24, 2.45) is 0 Å². The summed E-state index contributed by atoms with van der Waals surface area (Å²) < 4.78 is 8.17. The number of amides is 2. The van der Waals surface area contributed by atoms with Crippen LogP contribution >= 0.6 is 0 Å². The molecule has 0 unspecified atom stereocenters. The summed E-state index contributed by atoms with van der Waals surface area (Å²) in [6.45, 7) is 9.78. The molecule has 0 spiro atoms. The van der Waals surface area contributed by atoms with E-state index in [0.29, 0.717) is 18.7 Å². The molecule has 2 amide bonds. The molecule has 0 N–H and O–H groups in total. The number of unbranched alkanes of at least 4 members (excludes halogenated alkanes) is 13. The molecule has 0 aliphatic heterocycles. The van der Waals surface area contributed by atoms with Gasteiger partial charge in [-0.1, -0.05) is 96.5 Å². The summed E-state index contributed by atoms with van der Waals surface area (Å²) in [6.07, 6.45) is 22.4. The maximum Gasteiger partial charge on any atom is 0.260 e. The van der Waals surface area contributed by atoms with Crippen molar-refractivity contribution in [1.82, 2.24) is 4.90 Å². The minimum atomic E-state index is -0.232. The van der Waals surface area contributed by atoms with Gasteiger partial charge in [0.15, 0.2) is 11.9 Å². The molecule has 0 saturated carbocycles. The first-order valence-electron chi connectivity index (χ1n) is 16.5. The molecule has 236 valence electrons. The van der Waals surface area contributed by atoms with Crippen LogP contribution in [0.1, 0.15) is 139 Å². The van der Waals surface area contributed by atoms with Gasteiger partial charge in [-0.15, -0.1) is 0 Å². The zero-order valence-corrected chi connectivity index (χ0v) is 29.1. The minimum absolute atomic E-state index is 0. The Labute approximate surface area is 273 Å². The van der Waals surface area contributed by atoms with E-state index < -0.39 is 0 Å². The van der Waals surface area contributed by atoms with Crippen LogP contribution in [0.4, 0.5) is 0 Å². The fourth-order valence-electron chi connectivity index (χ4n) is 5.47. The second-order valence-electron chi connectivity index (χ2n) is 11.5. The van der Waals surface area contributed by atoms with Crippen LogP contribution < -0.4 is 33.3 Å². The molecule has 42 heavy (non-hydrogen) atoms. The first kappa shape index (κ1) is 38.1. The Bertz CT molecular complexity index is 1030. The Kier molecular flexibility index (Phi) is 21.3. The third kappa shape index (κ3) is 15.0. The molecule has 0 fully saturated rings. The van der Waals surface area contributed by atoms with Crippen molar-refractivity contribution in [3.05, 3.63) is 59.4 Å². The van der Waals surface area contributed by atoms with Crippen molar-refractivity contribution in [2.45, 2.75) is 137 Å². The molecule has 0 bridgehead atoms. The summed E-state index contributed by atoms with van der Waals surface area (Å²) in [5.74, 6) is 0.338. The lowest BCUT2D eigenvalue weighted by Gasteiger charge is -2.20. The number of ether oxygens (including phenoxy) is 1. The number of hydrogen-bond donors (Lipinski definition) is 0. The largest absolute Gasteiger partial charge is 1.00 e. The van der Waals surface area contributed by atoms with Crippen molar-refractivity contribution in [2.75, 3.05) is 13.2 Å². The summed E-state index contributed by atoms with van der Waals surface area (Å²) >= 11 is 0. The monoisotopic (exact) mass is 692 g/mol. The highest BCUT2D eigenvalue weighted by Gasteiger charge is 2.22. The summed E-state index contributed by atoms with van der Waals surface area (Å²) in [6, 6.07) is 11.7. The highest BCUT2D eigenvalue weighted by molar-refractivity contribution is 6.05. The number of imide groups is 1. The van der Waals surface area contributed by atoms with E-state index in [1.807, 2.05) is 31.2 Å². The van der Waals surface area contributed by atoms with Gasteiger partial charge in [-0.3, -0.25) is 14.5 Å². The fraction of sp³-hybridized carbons (Fsp3) is 0.639. The first-order chi connectivity index (χ1) is 20.0. The smallest absolute Gasteiger partial charge is 0.260 e. The van der Waals surface area contributed by atoms with Crippen LogP contribution in [-0.2, 0) is 17.8 Å². The lowest BCUT2D eigenvalue weighted by atomic mass is 10.0. The SMILES string of the molecule is CCCCCCCCCCCCCCCCOc1ccc(C(=O)N(CCCc2cccc[n+]2CC)C(C)=O)c(C)c1.[I-]. The zero-order chi connectivity index (χ0) is 29.7. The van der Waals surface area contributed by atoms with Crippen LogP contribution in [0.2, 0.25) is 0 Å². The third-order valence-electron chi connectivity index (χ3n) is 8.01. The van der Waals surface area contributed by atoms with E-state index in [1.54, 1.807) is 6.07 Å². The molecule has 6 heteroatoms. The standard InChI is InChI=1S/C36H57N2O3.HI/c1-5-7-8-9-10-11-12-13-14-15-16-17-18-21-29-41-34-25-26-35(31(3)30-34)36(40)38(32(4)39)28-22-24-33-23-19-20-27-37(33)6-2;/h19-20,23,25-27,30H,5-18,21-22,24,28-29H2,1-4H3;1H/q+1;/p-1. The zero-order valence-electron chi connectivity index (χ0n) is 27.0. The number of aryl methyl sites for hydroxylation is 3. The number of carbonyl (C=O) groups is 2. The van der Waals surface area contributed by atoms with Crippen molar-refractivity contribution < 1.29 is 42.9 Å². The van der Waals surface area contributed by atoms with Gasteiger partial charge in [0.2, 0.25) is 5.91 Å². The summed E-state index contributed by atoms with van der Waals surface area (Å²) in [5.41, 5.74) is 2.61. The second-order valence-corrected chi connectivity index (χ2v) is 11.5. The van der Waals surface area contributed by atoms with Crippen LogP contribution in [0.25, 0.3) is 0 Å². The number of carbonyl (C=O) groups excluding carboxylic acids is 2. The molecule has 1 heterocycles. The van der Waals surface area contributed by atoms with Gasteiger partial charge in [-0.2, -0.15) is 0 Å². The average Bonchev–Trinajstić information content (AvgIpc) is 2.97. The third-order valence-corrected chi connectivity index (χ3v) is 8.01. The maximum atomic E-state index is 13.3. The van der Waals surface area contributed by atoms with Gasteiger partial charge in [0.05, 0.1) is 6.61 Å². The Morgan fingerprint density at radius 1 is 0.786 bits per heavy atom. The van der Waals surface area contributed by atoms with Gasteiger partial charge in [0.25, 0.3) is 5.91 Å². The van der Waals surface area contributed by atoms with Crippen molar-refractivity contribution in [3.8, 4) is 5.75 Å². The van der Waals surface area contributed by atoms with Gasteiger partial charge < -0.3 is 28.7 Å². The molecule has 0 aliphatic carbocycles. The number of aromatic nitrogens is 1. The summed E-state index contributed by atoms with van der Waals surface area (Å²) in [5, 5.41) is 0. The molecular formula is C36H57IN2O3. The van der Waals surface area contributed by atoms with Crippen LogP contribution in [0, 0.1) is 6.92 Å². The van der Waals surface area contributed by atoms with Gasteiger partial charge in [0, 0.05) is 37.6 Å². The van der Waals surface area contributed by atoms with E-state index in [4.69, 9.17) is 4.74 Å². The van der Waals surface area contributed by atoms with Gasteiger partial charge in [-0.05, 0) is 50.5 Å². The highest BCUT2D eigenvalue weighted by atomic mass is 127. The second kappa shape index (κ2) is 23.5. The van der Waals surface area contributed by atoms with E-state index >= 15 is 0 Å². The molecule has 1 aromatic heterocycles. The Hall–Kier alpha value is -1.96. The first-order valence-corrected chi connectivity index (χ1v) is 16.5. The van der Waals surface area contributed by atoms with Crippen LogP contribution in [-0.4, -0.2) is 29.9 Å². The Morgan fingerprint density at radius 2 is 1.38 bits per heavy atom. The number of pyridine rings is 1. The number of nitrogens with zero attached hydrogens (tertiary/aromatic N) is 2. The van der Waals surface area contributed by atoms with Crippen molar-refractivity contribution in [1.29, 1.82) is 0 Å². The normalized spacial score (nSPS) is 10.8. The van der Waals surface area contributed by atoms with E-state index in [-0.39, 0.29) is 35.8 Å². The van der Waals surface area contributed by atoms with E-state index in [1.165, 1.54) is 101 Å². The van der Waals surface area contributed by atoms with E-state index in [9.17, 15) is 9.59 Å².